The van der Waals surface area contributed by atoms with Crippen LogP contribution in [0.5, 0.6) is 0 Å². The molecule has 4 nitrogen and oxygen atoms in total. The Kier molecular flexibility index (Phi) is 4.55. The molecule has 3 N–H and O–H groups in total. The van der Waals surface area contributed by atoms with Crippen LogP contribution in [0.25, 0.3) is 0 Å². The van der Waals surface area contributed by atoms with Gasteiger partial charge in [0, 0.05) is 13.1 Å². The van der Waals surface area contributed by atoms with E-state index in [4.69, 9.17) is 5.73 Å². The normalized spacial score (nSPS) is 20.7. The number of sulfonamides is 1. The zero-order valence-corrected chi connectivity index (χ0v) is 10.3. The molecule has 5 heteroatoms. The standard InChI is InChI=1S/C10H22N2O2S/c1-2-10(5-3-4-6-10)9-12-15(13,14)8-7-11/h12H,2-9,11H2,1H3. The predicted octanol–water partition coefficient (Wildman–Crippen LogP) is 0.835. The molecule has 90 valence electrons. The Balaban J connectivity index is 2.47. The Bertz CT molecular complexity index is 282. The highest BCUT2D eigenvalue weighted by atomic mass is 32.2. The third-order valence-corrected chi connectivity index (χ3v) is 4.83. The number of rotatable bonds is 6. The molecule has 0 aromatic carbocycles. The van der Waals surface area contributed by atoms with Gasteiger partial charge >= 0.3 is 0 Å². The topological polar surface area (TPSA) is 72.2 Å². The first-order valence-electron chi connectivity index (χ1n) is 5.71. The summed E-state index contributed by atoms with van der Waals surface area (Å²) in [6.45, 7) is 2.92. The van der Waals surface area contributed by atoms with Gasteiger partial charge in [-0.1, -0.05) is 19.8 Å². The van der Waals surface area contributed by atoms with E-state index in [0.29, 0.717) is 6.54 Å². The second-order valence-corrected chi connectivity index (χ2v) is 6.42. The van der Waals surface area contributed by atoms with Gasteiger partial charge in [0.1, 0.15) is 0 Å². The molecule has 0 aliphatic heterocycles. The van der Waals surface area contributed by atoms with E-state index in [-0.39, 0.29) is 17.7 Å². The molecule has 0 unspecified atom stereocenters. The molecule has 15 heavy (non-hydrogen) atoms. The molecule has 1 aliphatic carbocycles. The highest BCUT2D eigenvalue weighted by Gasteiger charge is 2.32. The number of hydrogen-bond acceptors (Lipinski definition) is 3. The van der Waals surface area contributed by atoms with Gasteiger partial charge in [-0.15, -0.1) is 0 Å². The summed E-state index contributed by atoms with van der Waals surface area (Å²) in [4.78, 5) is 0. The van der Waals surface area contributed by atoms with Gasteiger partial charge in [-0.2, -0.15) is 0 Å². The first kappa shape index (κ1) is 12.9. The summed E-state index contributed by atoms with van der Waals surface area (Å²) in [6, 6.07) is 0. The van der Waals surface area contributed by atoms with Crippen LogP contribution in [0, 0.1) is 5.41 Å². The summed E-state index contributed by atoms with van der Waals surface area (Å²) in [5, 5.41) is 0. The predicted molar refractivity (Wildman–Crippen MR) is 62.0 cm³/mol. The van der Waals surface area contributed by atoms with Crippen LogP contribution in [0.15, 0.2) is 0 Å². The second-order valence-electron chi connectivity index (χ2n) is 4.49. The van der Waals surface area contributed by atoms with Crippen LogP contribution in [0.1, 0.15) is 39.0 Å². The highest BCUT2D eigenvalue weighted by Crippen LogP contribution is 2.40. The van der Waals surface area contributed by atoms with Gasteiger partial charge in [-0.05, 0) is 24.7 Å². The van der Waals surface area contributed by atoms with Crippen molar-refractivity contribution in [3.63, 3.8) is 0 Å². The lowest BCUT2D eigenvalue weighted by molar-refractivity contribution is 0.285. The fraction of sp³-hybridized carbons (Fsp3) is 1.00. The SMILES string of the molecule is CCC1(CNS(=O)(=O)CCN)CCCC1. The Morgan fingerprint density at radius 3 is 2.40 bits per heavy atom. The molecule has 0 heterocycles. The lowest BCUT2D eigenvalue weighted by atomic mass is 9.84. The highest BCUT2D eigenvalue weighted by molar-refractivity contribution is 7.89. The second kappa shape index (κ2) is 5.27. The van der Waals surface area contributed by atoms with E-state index in [1.807, 2.05) is 0 Å². The molecular formula is C10H22N2O2S. The third kappa shape index (κ3) is 3.74. The van der Waals surface area contributed by atoms with Crippen LogP contribution in [0.2, 0.25) is 0 Å². The summed E-state index contributed by atoms with van der Waals surface area (Å²) < 4.78 is 25.6. The summed E-state index contributed by atoms with van der Waals surface area (Å²) in [5.74, 6) is 0.0345. The van der Waals surface area contributed by atoms with Crippen LogP contribution < -0.4 is 10.5 Å². The van der Waals surface area contributed by atoms with Crippen molar-refractivity contribution >= 4 is 10.0 Å². The Hall–Kier alpha value is -0.130. The smallest absolute Gasteiger partial charge is 0.212 e. The van der Waals surface area contributed by atoms with Crippen LogP contribution in [-0.4, -0.2) is 27.3 Å². The first-order valence-corrected chi connectivity index (χ1v) is 7.36. The maximum atomic E-state index is 11.5. The van der Waals surface area contributed by atoms with Gasteiger partial charge in [0.25, 0.3) is 0 Å². The number of nitrogens with two attached hydrogens (primary N) is 1. The molecule has 0 saturated heterocycles. The van der Waals surface area contributed by atoms with Crippen LogP contribution >= 0.6 is 0 Å². The average Bonchev–Trinajstić information content (AvgIpc) is 2.64. The van der Waals surface area contributed by atoms with Gasteiger partial charge in [-0.3, -0.25) is 0 Å². The van der Waals surface area contributed by atoms with Crippen molar-refractivity contribution in [2.24, 2.45) is 11.1 Å². The molecule has 0 aromatic rings. The summed E-state index contributed by atoms with van der Waals surface area (Å²) >= 11 is 0. The summed E-state index contributed by atoms with van der Waals surface area (Å²) in [5.41, 5.74) is 5.45. The molecule has 0 bridgehead atoms. The van der Waals surface area contributed by atoms with E-state index in [1.165, 1.54) is 12.8 Å². The van der Waals surface area contributed by atoms with Crippen molar-refractivity contribution in [2.75, 3.05) is 18.8 Å². The van der Waals surface area contributed by atoms with E-state index < -0.39 is 10.0 Å². The minimum absolute atomic E-state index is 0.0345. The van der Waals surface area contributed by atoms with Gasteiger partial charge < -0.3 is 5.73 Å². The lowest BCUT2D eigenvalue weighted by Gasteiger charge is -2.27. The van der Waals surface area contributed by atoms with E-state index >= 15 is 0 Å². The van der Waals surface area contributed by atoms with Gasteiger partial charge in [0.05, 0.1) is 5.75 Å². The summed E-state index contributed by atoms with van der Waals surface area (Å²) in [6.07, 6.45) is 5.81. The maximum Gasteiger partial charge on any atom is 0.212 e. The van der Waals surface area contributed by atoms with Crippen molar-refractivity contribution in [1.29, 1.82) is 0 Å². The quantitative estimate of drug-likeness (QED) is 0.715. The zero-order valence-electron chi connectivity index (χ0n) is 9.46. The van der Waals surface area contributed by atoms with Gasteiger partial charge in [0.2, 0.25) is 10.0 Å². The van der Waals surface area contributed by atoms with E-state index in [1.54, 1.807) is 0 Å². The molecule has 1 fully saturated rings. The molecule has 1 saturated carbocycles. The summed E-state index contributed by atoms with van der Waals surface area (Å²) in [7, 11) is -3.14. The largest absolute Gasteiger partial charge is 0.329 e. The van der Waals surface area contributed by atoms with Gasteiger partial charge in [-0.25, -0.2) is 13.1 Å². The maximum absolute atomic E-state index is 11.5. The fourth-order valence-electron chi connectivity index (χ4n) is 2.27. The number of nitrogens with one attached hydrogen (secondary N) is 1. The average molecular weight is 234 g/mol. The lowest BCUT2D eigenvalue weighted by Crippen LogP contribution is -2.38. The first-order chi connectivity index (χ1) is 7.04. The molecule has 1 rings (SSSR count). The van der Waals surface area contributed by atoms with Crippen molar-refractivity contribution < 1.29 is 8.42 Å². The Labute approximate surface area is 92.7 Å². The van der Waals surface area contributed by atoms with E-state index in [2.05, 4.69) is 11.6 Å². The van der Waals surface area contributed by atoms with E-state index in [9.17, 15) is 8.42 Å². The fourth-order valence-corrected chi connectivity index (χ4v) is 3.25. The molecule has 0 atom stereocenters. The number of hydrogen-bond donors (Lipinski definition) is 2. The van der Waals surface area contributed by atoms with Crippen LogP contribution in [0.3, 0.4) is 0 Å². The molecular weight excluding hydrogens is 212 g/mol. The van der Waals surface area contributed by atoms with Crippen LogP contribution in [0.4, 0.5) is 0 Å². The van der Waals surface area contributed by atoms with Crippen molar-refractivity contribution in [3.8, 4) is 0 Å². The van der Waals surface area contributed by atoms with E-state index in [0.717, 1.165) is 19.3 Å². The van der Waals surface area contributed by atoms with Crippen LogP contribution in [-0.2, 0) is 10.0 Å². The van der Waals surface area contributed by atoms with Crippen molar-refractivity contribution in [1.82, 2.24) is 4.72 Å². The molecule has 0 spiro atoms. The minimum Gasteiger partial charge on any atom is -0.329 e. The zero-order chi connectivity index (χ0) is 11.4. The monoisotopic (exact) mass is 234 g/mol. The molecule has 1 aliphatic rings. The Morgan fingerprint density at radius 2 is 1.93 bits per heavy atom. The van der Waals surface area contributed by atoms with Crippen molar-refractivity contribution in [3.05, 3.63) is 0 Å². The molecule has 0 aromatic heterocycles. The molecule has 0 radical (unpaired) electrons. The third-order valence-electron chi connectivity index (χ3n) is 3.47. The minimum atomic E-state index is -3.14. The van der Waals surface area contributed by atoms with Gasteiger partial charge in [0.15, 0.2) is 0 Å². The Morgan fingerprint density at radius 1 is 1.33 bits per heavy atom. The van der Waals surface area contributed by atoms with Crippen molar-refractivity contribution in [2.45, 2.75) is 39.0 Å². The molecule has 0 amide bonds.